The van der Waals surface area contributed by atoms with E-state index in [1.165, 1.54) is 0 Å². The van der Waals surface area contributed by atoms with Crippen LogP contribution >= 0.6 is 0 Å². The van der Waals surface area contributed by atoms with Gasteiger partial charge in [-0.25, -0.2) is 0 Å². The van der Waals surface area contributed by atoms with Gasteiger partial charge in [-0.05, 0) is 43.4 Å². The summed E-state index contributed by atoms with van der Waals surface area (Å²) in [5.41, 5.74) is 1.10. The predicted molar refractivity (Wildman–Crippen MR) is 92.0 cm³/mol. The first-order valence-corrected chi connectivity index (χ1v) is 8.84. The van der Waals surface area contributed by atoms with Gasteiger partial charge in [0.1, 0.15) is 5.75 Å². The van der Waals surface area contributed by atoms with E-state index in [0.29, 0.717) is 32.4 Å². The van der Waals surface area contributed by atoms with Gasteiger partial charge in [-0.1, -0.05) is 31.9 Å². The van der Waals surface area contributed by atoms with E-state index in [4.69, 9.17) is 4.74 Å². The van der Waals surface area contributed by atoms with Crippen molar-refractivity contribution in [3.8, 4) is 5.75 Å². The van der Waals surface area contributed by atoms with Crippen molar-refractivity contribution in [3.05, 3.63) is 29.8 Å². The Morgan fingerprint density at radius 3 is 2.71 bits per heavy atom. The smallest absolute Gasteiger partial charge is 0.307 e. The maximum atomic E-state index is 12.3. The minimum absolute atomic E-state index is 0.125. The van der Waals surface area contributed by atoms with Gasteiger partial charge in [-0.2, -0.15) is 0 Å². The second kappa shape index (κ2) is 9.30. The molecule has 0 bridgehead atoms. The third kappa shape index (κ3) is 5.25. The van der Waals surface area contributed by atoms with E-state index in [9.17, 15) is 14.7 Å². The van der Waals surface area contributed by atoms with E-state index >= 15 is 0 Å². The fourth-order valence-electron chi connectivity index (χ4n) is 3.21. The molecule has 1 aromatic carbocycles. The van der Waals surface area contributed by atoms with Gasteiger partial charge in [0.25, 0.3) is 0 Å². The van der Waals surface area contributed by atoms with Gasteiger partial charge >= 0.3 is 5.97 Å². The molecule has 1 aromatic rings. The van der Waals surface area contributed by atoms with Crippen LogP contribution in [0.25, 0.3) is 0 Å². The van der Waals surface area contributed by atoms with Crippen LogP contribution < -0.4 is 10.1 Å². The monoisotopic (exact) mass is 333 g/mol. The SMILES string of the molecule is CCCOc1cccc(CCNC(=O)C2CCCCC2C(=O)O)c1. The van der Waals surface area contributed by atoms with Crippen LogP contribution in [0.4, 0.5) is 0 Å². The van der Waals surface area contributed by atoms with Gasteiger partial charge in [0.05, 0.1) is 18.4 Å². The van der Waals surface area contributed by atoms with Crippen LogP contribution in [0.1, 0.15) is 44.6 Å². The van der Waals surface area contributed by atoms with Crippen molar-refractivity contribution in [3.63, 3.8) is 0 Å². The van der Waals surface area contributed by atoms with Gasteiger partial charge in [0, 0.05) is 6.54 Å². The molecule has 0 spiro atoms. The highest BCUT2D eigenvalue weighted by Crippen LogP contribution is 2.30. The zero-order chi connectivity index (χ0) is 17.4. The van der Waals surface area contributed by atoms with Crippen LogP contribution in [0.2, 0.25) is 0 Å². The average molecular weight is 333 g/mol. The molecule has 1 amide bonds. The lowest BCUT2D eigenvalue weighted by atomic mass is 9.78. The molecule has 5 heteroatoms. The van der Waals surface area contributed by atoms with Crippen molar-refractivity contribution in [2.75, 3.05) is 13.2 Å². The highest BCUT2D eigenvalue weighted by molar-refractivity contribution is 5.84. The summed E-state index contributed by atoms with van der Waals surface area (Å²) in [4.78, 5) is 23.6. The lowest BCUT2D eigenvalue weighted by Crippen LogP contribution is -2.40. The fourth-order valence-corrected chi connectivity index (χ4v) is 3.21. The highest BCUT2D eigenvalue weighted by Gasteiger charge is 2.35. The van der Waals surface area contributed by atoms with E-state index in [0.717, 1.165) is 30.6 Å². The normalized spacial score (nSPS) is 20.4. The number of amides is 1. The summed E-state index contributed by atoms with van der Waals surface area (Å²) in [6.45, 7) is 3.27. The summed E-state index contributed by atoms with van der Waals surface area (Å²) in [5, 5.41) is 12.2. The Morgan fingerprint density at radius 2 is 2.00 bits per heavy atom. The number of carbonyl (C=O) groups excluding carboxylic acids is 1. The number of ether oxygens (including phenoxy) is 1. The summed E-state index contributed by atoms with van der Waals surface area (Å²) in [7, 11) is 0. The molecule has 0 radical (unpaired) electrons. The quantitative estimate of drug-likeness (QED) is 0.767. The minimum Gasteiger partial charge on any atom is -0.494 e. The number of aliphatic carboxylic acids is 1. The topological polar surface area (TPSA) is 75.6 Å². The number of carbonyl (C=O) groups is 2. The Balaban J connectivity index is 1.82. The van der Waals surface area contributed by atoms with Crippen molar-refractivity contribution >= 4 is 11.9 Å². The van der Waals surface area contributed by atoms with E-state index in [1.807, 2.05) is 24.3 Å². The number of carboxylic acid groups (broad SMARTS) is 1. The van der Waals surface area contributed by atoms with Crippen LogP contribution in [0.3, 0.4) is 0 Å². The van der Waals surface area contributed by atoms with Gasteiger partial charge in [0.15, 0.2) is 0 Å². The molecule has 2 rings (SSSR count). The molecule has 5 nitrogen and oxygen atoms in total. The molecule has 2 unspecified atom stereocenters. The summed E-state index contributed by atoms with van der Waals surface area (Å²) >= 11 is 0. The van der Waals surface area contributed by atoms with Crippen molar-refractivity contribution in [2.24, 2.45) is 11.8 Å². The average Bonchev–Trinajstić information content (AvgIpc) is 2.60. The number of nitrogens with one attached hydrogen (secondary N) is 1. The number of rotatable bonds is 8. The molecule has 1 fully saturated rings. The van der Waals surface area contributed by atoms with Crippen LogP contribution in [0.15, 0.2) is 24.3 Å². The molecule has 1 saturated carbocycles. The maximum Gasteiger partial charge on any atom is 0.307 e. The Kier molecular flexibility index (Phi) is 7.09. The first-order valence-electron chi connectivity index (χ1n) is 8.84. The van der Waals surface area contributed by atoms with Crippen LogP contribution in [0.5, 0.6) is 5.75 Å². The predicted octanol–water partition coefficient (Wildman–Crippen LogP) is 3.03. The Bertz CT molecular complexity index is 558. The summed E-state index contributed by atoms with van der Waals surface area (Å²) < 4.78 is 5.61. The fraction of sp³-hybridized carbons (Fsp3) is 0.579. The lowest BCUT2D eigenvalue weighted by Gasteiger charge is -2.27. The van der Waals surface area contributed by atoms with E-state index in [1.54, 1.807) is 0 Å². The third-order valence-electron chi connectivity index (χ3n) is 4.50. The highest BCUT2D eigenvalue weighted by atomic mass is 16.5. The minimum atomic E-state index is -0.851. The Labute approximate surface area is 143 Å². The Hall–Kier alpha value is -2.04. The molecular formula is C19H27NO4. The number of benzene rings is 1. The molecule has 2 atom stereocenters. The molecule has 2 N–H and O–H groups in total. The number of carboxylic acids is 1. The molecule has 0 aromatic heterocycles. The first-order chi connectivity index (χ1) is 11.6. The van der Waals surface area contributed by atoms with Gasteiger partial charge in [-0.3, -0.25) is 9.59 Å². The van der Waals surface area contributed by atoms with E-state index in [-0.39, 0.29) is 5.91 Å². The second-order valence-corrected chi connectivity index (χ2v) is 6.37. The zero-order valence-corrected chi connectivity index (χ0v) is 14.3. The Morgan fingerprint density at radius 1 is 1.25 bits per heavy atom. The van der Waals surface area contributed by atoms with E-state index < -0.39 is 17.8 Å². The summed E-state index contributed by atoms with van der Waals surface area (Å²) in [6, 6.07) is 7.87. The third-order valence-corrected chi connectivity index (χ3v) is 4.50. The first kappa shape index (κ1) is 18.3. The van der Waals surface area contributed by atoms with Crippen LogP contribution in [-0.4, -0.2) is 30.1 Å². The summed E-state index contributed by atoms with van der Waals surface area (Å²) in [6.07, 6.45) is 4.77. The van der Waals surface area contributed by atoms with Gasteiger partial charge in [-0.15, -0.1) is 0 Å². The van der Waals surface area contributed by atoms with Crippen molar-refractivity contribution in [1.29, 1.82) is 0 Å². The molecule has 1 aliphatic carbocycles. The molecule has 0 aliphatic heterocycles. The maximum absolute atomic E-state index is 12.3. The second-order valence-electron chi connectivity index (χ2n) is 6.37. The molecule has 132 valence electrons. The van der Waals surface area contributed by atoms with E-state index in [2.05, 4.69) is 12.2 Å². The summed E-state index contributed by atoms with van der Waals surface area (Å²) in [5.74, 6) is -1.06. The largest absolute Gasteiger partial charge is 0.494 e. The van der Waals surface area contributed by atoms with Gasteiger partial charge in [0.2, 0.25) is 5.91 Å². The van der Waals surface area contributed by atoms with Crippen molar-refractivity contribution in [2.45, 2.75) is 45.4 Å². The molecule has 0 heterocycles. The zero-order valence-electron chi connectivity index (χ0n) is 14.3. The lowest BCUT2D eigenvalue weighted by molar-refractivity contribution is -0.148. The molecule has 1 aliphatic rings. The van der Waals surface area contributed by atoms with Crippen molar-refractivity contribution in [1.82, 2.24) is 5.32 Å². The van der Waals surface area contributed by atoms with Gasteiger partial charge < -0.3 is 15.2 Å². The molecule has 24 heavy (non-hydrogen) atoms. The molecular weight excluding hydrogens is 306 g/mol. The standard InChI is InChI=1S/C19H27NO4/c1-2-12-24-15-7-5-6-14(13-15)10-11-20-18(21)16-8-3-4-9-17(16)19(22)23/h5-7,13,16-17H,2-4,8-12H2,1H3,(H,20,21)(H,22,23). The van der Waals surface area contributed by atoms with Crippen molar-refractivity contribution < 1.29 is 19.4 Å². The number of hydrogen-bond donors (Lipinski definition) is 2. The molecule has 0 saturated heterocycles. The van der Waals surface area contributed by atoms with Crippen LogP contribution in [0, 0.1) is 11.8 Å². The van der Waals surface area contributed by atoms with Crippen LogP contribution in [-0.2, 0) is 16.0 Å². The number of hydrogen-bond acceptors (Lipinski definition) is 3.